The van der Waals surface area contributed by atoms with Crippen LogP contribution in [-0.4, -0.2) is 35.1 Å². The minimum absolute atomic E-state index is 0.0199. The summed E-state index contributed by atoms with van der Waals surface area (Å²) < 4.78 is 47.5. The molecule has 26 heavy (non-hydrogen) atoms. The van der Waals surface area contributed by atoms with Gasteiger partial charge in [0.2, 0.25) is 5.88 Å². The fraction of sp³-hybridized carbons (Fsp3) is 0.312. The van der Waals surface area contributed by atoms with Crippen LogP contribution in [0.15, 0.2) is 28.8 Å². The number of nitrogens with one attached hydrogen (secondary N) is 1. The molecule has 0 aromatic carbocycles. The van der Waals surface area contributed by atoms with Gasteiger partial charge < -0.3 is 19.6 Å². The number of pyridine rings is 1. The number of carbonyl (C=O) groups excluding carboxylic acids is 1. The average Bonchev–Trinajstić information content (AvgIpc) is 3.03. The highest BCUT2D eigenvalue weighted by molar-refractivity contribution is 5.96. The summed E-state index contributed by atoms with van der Waals surface area (Å²) in [5.74, 6) is -1.80. The first-order chi connectivity index (χ1) is 12.2. The molecule has 0 radical (unpaired) electrons. The van der Waals surface area contributed by atoms with Crippen molar-refractivity contribution in [3.8, 4) is 5.88 Å². The summed E-state index contributed by atoms with van der Waals surface area (Å²) in [6.07, 6.45) is -3.51. The molecule has 2 aromatic heterocycles. The molecule has 1 amide bonds. The van der Waals surface area contributed by atoms with Crippen molar-refractivity contribution in [2.75, 3.05) is 13.2 Å². The molecule has 2 aromatic rings. The van der Waals surface area contributed by atoms with E-state index in [0.29, 0.717) is 12.6 Å². The van der Waals surface area contributed by atoms with Crippen LogP contribution in [0.5, 0.6) is 5.88 Å². The van der Waals surface area contributed by atoms with Crippen LogP contribution in [0.1, 0.15) is 39.2 Å². The predicted octanol–water partition coefficient (Wildman–Crippen LogP) is 2.76. The minimum Gasteiger partial charge on any atom is -0.478 e. The second-order valence-electron chi connectivity index (χ2n) is 5.09. The Hall–Kier alpha value is -3.04. The van der Waals surface area contributed by atoms with Gasteiger partial charge in [-0.05, 0) is 6.07 Å². The molecule has 0 aliphatic carbocycles. The van der Waals surface area contributed by atoms with Gasteiger partial charge in [-0.15, -0.1) is 0 Å². The molecule has 0 atom stereocenters. The van der Waals surface area contributed by atoms with E-state index >= 15 is 0 Å². The highest BCUT2D eigenvalue weighted by atomic mass is 19.4. The van der Waals surface area contributed by atoms with Gasteiger partial charge in [-0.3, -0.25) is 4.79 Å². The van der Waals surface area contributed by atoms with Crippen molar-refractivity contribution in [2.24, 2.45) is 0 Å². The molecular weight excluding hydrogens is 357 g/mol. The van der Waals surface area contributed by atoms with Gasteiger partial charge in [-0.2, -0.15) is 13.2 Å². The van der Waals surface area contributed by atoms with Gasteiger partial charge in [0.15, 0.2) is 5.76 Å². The summed E-state index contributed by atoms with van der Waals surface area (Å²) in [5.41, 5.74) is -0.972. The molecule has 0 spiro atoms. The standard InChI is InChI=1S/C16H15F3N2O5/c1-2-11-10(15(23)24)7-12(26-11)14(22)20-5-6-25-13-4-3-9(8-21-13)16(17,18)19/h3-4,7-8H,2,5-6H2,1H3,(H,20,22)(H,23,24). The van der Waals surface area contributed by atoms with Crippen molar-refractivity contribution in [3.05, 3.63) is 47.0 Å². The number of furan rings is 1. The lowest BCUT2D eigenvalue weighted by Gasteiger charge is -2.08. The monoisotopic (exact) mass is 372 g/mol. The molecule has 140 valence electrons. The number of amides is 1. The van der Waals surface area contributed by atoms with Crippen molar-refractivity contribution >= 4 is 11.9 Å². The Kier molecular flexibility index (Phi) is 5.86. The Bertz CT molecular complexity index is 784. The van der Waals surface area contributed by atoms with Crippen LogP contribution in [0.4, 0.5) is 13.2 Å². The van der Waals surface area contributed by atoms with E-state index in [2.05, 4.69) is 10.3 Å². The maximum Gasteiger partial charge on any atom is 0.417 e. The van der Waals surface area contributed by atoms with Crippen molar-refractivity contribution in [2.45, 2.75) is 19.5 Å². The van der Waals surface area contributed by atoms with E-state index in [1.807, 2.05) is 0 Å². The molecule has 7 nitrogen and oxygen atoms in total. The first kappa shape index (κ1) is 19.3. The highest BCUT2D eigenvalue weighted by Gasteiger charge is 2.30. The van der Waals surface area contributed by atoms with Gasteiger partial charge in [-0.1, -0.05) is 6.92 Å². The summed E-state index contributed by atoms with van der Waals surface area (Å²) in [6.45, 7) is 1.67. The second kappa shape index (κ2) is 7.89. The van der Waals surface area contributed by atoms with Crippen LogP contribution < -0.4 is 10.1 Å². The molecule has 0 saturated heterocycles. The molecule has 2 N–H and O–H groups in total. The van der Waals surface area contributed by atoms with E-state index in [9.17, 15) is 22.8 Å². The number of aromatic nitrogens is 1. The summed E-state index contributed by atoms with van der Waals surface area (Å²) in [5, 5.41) is 11.5. The number of halogens is 3. The quantitative estimate of drug-likeness (QED) is 0.725. The van der Waals surface area contributed by atoms with Gasteiger partial charge in [0.1, 0.15) is 17.9 Å². The van der Waals surface area contributed by atoms with Crippen LogP contribution in [-0.2, 0) is 12.6 Å². The predicted molar refractivity (Wildman–Crippen MR) is 82.1 cm³/mol. The van der Waals surface area contributed by atoms with Gasteiger partial charge >= 0.3 is 12.1 Å². The molecule has 0 aliphatic heterocycles. The van der Waals surface area contributed by atoms with Crippen LogP contribution >= 0.6 is 0 Å². The number of carbonyl (C=O) groups is 2. The molecule has 0 bridgehead atoms. The second-order valence-corrected chi connectivity index (χ2v) is 5.09. The molecule has 0 aliphatic rings. The molecule has 10 heteroatoms. The maximum absolute atomic E-state index is 12.4. The van der Waals surface area contributed by atoms with Crippen molar-refractivity contribution in [1.29, 1.82) is 0 Å². The third kappa shape index (κ3) is 4.74. The minimum atomic E-state index is -4.48. The van der Waals surface area contributed by atoms with Crippen LogP contribution in [0.25, 0.3) is 0 Å². The molecule has 2 rings (SSSR count). The zero-order chi connectivity index (χ0) is 19.3. The van der Waals surface area contributed by atoms with E-state index in [-0.39, 0.29) is 36.1 Å². The number of carboxylic acids is 1. The van der Waals surface area contributed by atoms with Crippen LogP contribution in [0.2, 0.25) is 0 Å². The maximum atomic E-state index is 12.4. The summed E-state index contributed by atoms with van der Waals surface area (Å²) in [6, 6.07) is 3.04. The number of rotatable bonds is 7. The highest BCUT2D eigenvalue weighted by Crippen LogP contribution is 2.29. The van der Waals surface area contributed by atoms with Crippen molar-refractivity contribution in [3.63, 3.8) is 0 Å². The lowest BCUT2D eigenvalue weighted by atomic mass is 10.2. The van der Waals surface area contributed by atoms with Gasteiger partial charge in [-0.25, -0.2) is 9.78 Å². The molecule has 0 fully saturated rings. The number of hydrogen-bond acceptors (Lipinski definition) is 5. The molecule has 0 saturated carbocycles. The van der Waals surface area contributed by atoms with Gasteiger partial charge in [0, 0.05) is 24.8 Å². The Labute approximate surface area is 145 Å². The molecule has 0 unspecified atom stereocenters. The zero-order valence-corrected chi connectivity index (χ0v) is 13.6. The zero-order valence-electron chi connectivity index (χ0n) is 13.6. The number of hydrogen-bond donors (Lipinski definition) is 2. The lowest BCUT2D eigenvalue weighted by molar-refractivity contribution is -0.137. The first-order valence-electron chi connectivity index (χ1n) is 7.52. The summed E-state index contributed by atoms with van der Waals surface area (Å²) in [4.78, 5) is 26.5. The third-order valence-corrected chi connectivity index (χ3v) is 3.29. The summed E-state index contributed by atoms with van der Waals surface area (Å²) in [7, 11) is 0. The van der Waals surface area contributed by atoms with E-state index in [1.165, 1.54) is 0 Å². The fourth-order valence-electron chi connectivity index (χ4n) is 2.02. The normalized spacial score (nSPS) is 11.2. The Morgan fingerprint density at radius 2 is 2.08 bits per heavy atom. The number of nitrogens with zero attached hydrogens (tertiary/aromatic N) is 1. The third-order valence-electron chi connectivity index (χ3n) is 3.29. The molecular formula is C16H15F3N2O5. The van der Waals surface area contributed by atoms with E-state index in [1.54, 1.807) is 6.92 Å². The van der Waals surface area contributed by atoms with E-state index in [4.69, 9.17) is 14.3 Å². The van der Waals surface area contributed by atoms with Crippen molar-refractivity contribution < 1.29 is 37.0 Å². The number of aryl methyl sites for hydroxylation is 1. The number of ether oxygens (including phenoxy) is 1. The van der Waals surface area contributed by atoms with Gasteiger partial charge in [0.25, 0.3) is 5.91 Å². The number of carboxylic acid groups (broad SMARTS) is 1. The summed E-state index contributed by atoms with van der Waals surface area (Å²) >= 11 is 0. The topological polar surface area (TPSA) is 102 Å². The lowest BCUT2D eigenvalue weighted by Crippen LogP contribution is -2.27. The smallest absolute Gasteiger partial charge is 0.417 e. The number of alkyl halides is 3. The van der Waals surface area contributed by atoms with Crippen molar-refractivity contribution in [1.82, 2.24) is 10.3 Å². The Morgan fingerprint density at radius 3 is 2.58 bits per heavy atom. The fourth-order valence-corrected chi connectivity index (χ4v) is 2.02. The first-order valence-corrected chi connectivity index (χ1v) is 7.52. The largest absolute Gasteiger partial charge is 0.478 e. The van der Waals surface area contributed by atoms with Crippen LogP contribution in [0, 0.1) is 0 Å². The average molecular weight is 372 g/mol. The van der Waals surface area contributed by atoms with Crippen LogP contribution in [0.3, 0.4) is 0 Å². The Morgan fingerprint density at radius 1 is 1.35 bits per heavy atom. The van der Waals surface area contributed by atoms with Gasteiger partial charge in [0.05, 0.1) is 12.1 Å². The van der Waals surface area contributed by atoms with E-state index < -0.39 is 23.6 Å². The number of aromatic carboxylic acids is 1. The Balaban J connectivity index is 1.84. The van der Waals surface area contributed by atoms with E-state index in [0.717, 1.165) is 18.2 Å². The SMILES string of the molecule is CCc1oc(C(=O)NCCOc2ccc(C(F)(F)F)cn2)cc1C(=O)O. The molecule has 2 heterocycles.